The number of aromatic amines is 1. The van der Waals surface area contributed by atoms with Gasteiger partial charge in [-0.05, 0) is 56.2 Å². The molecule has 3 aromatic rings. The van der Waals surface area contributed by atoms with Crippen LogP contribution in [0.1, 0.15) is 54.1 Å². The summed E-state index contributed by atoms with van der Waals surface area (Å²) in [5.74, 6) is -0.598. The third-order valence-corrected chi connectivity index (χ3v) is 5.28. The van der Waals surface area contributed by atoms with E-state index in [4.69, 9.17) is 10.5 Å². The lowest BCUT2D eigenvalue weighted by Gasteiger charge is -2.23. The summed E-state index contributed by atoms with van der Waals surface area (Å²) in [7, 11) is 1.28. The number of aromatic nitrogens is 2. The number of methoxy groups -OCH3 is 1. The van der Waals surface area contributed by atoms with E-state index >= 15 is 0 Å². The molecule has 0 fully saturated rings. The molecule has 1 aromatic heterocycles. The number of anilines is 1. The number of nitrogens with zero attached hydrogens (tertiary/aromatic N) is 1. The third-order valence-electron chi connectivity index (χ3n) is 5.28. The fraction of sp³-hybridized carbons (Fsp3) is 0.308. The van der Waals surface area contributed by atoms with Crippen molar-refractivity contribution in [3.05, 3.63) is 71.2 Å². The second kappa shape index (κ2) is 11.6. The van der Waals surface area contributed by atoms with Gasteiger partial charge >= 0.3 is 18.2 Å². The van der Waals surface area contributed by atoms with E-state index in [9.17, 15) is 19.5 Å². The molecule has 11 nitrogen and oxygen atoms in total. The van der Waals surface area contributed by atoms with Gasteiger partial charge in [-0.1, -0.05) is 18.2 Å². The van der Waals surface area contributed by atoms with Crippen molar-refractivity contribution in [1.82, 2.24) is 15.3 Å². The molecule has 2 aromatic carbocycles. The number of hydrogen-bond acceptors (Lipinski definition) is 7. The molecule has 1 heterocycles. The maximum atomic E-state index is 12.6. The summed E-state index contributed by atoms with van der Waals surface area (Å²) < 4.78 is 10.1. The number of carbonyl (C=O) groups excluding carboxylic acids is 2. The van der Waals surface area contributed by atoms with E-state index in [1.807, 2.05) is 0 Å². The summed E-state index contributed by atoms with van der Waals surface area (Å²) in [5, 5.41) is 14.8. The van der Waals surface area contributed by atoms with Crippen molar-refractivity contribution in [2.24, 2.45) is 5.73 Å². The molecule has 0 aliphatic heterocycles. The van der Waals surface area contributed by atoms with Crippen molar-refractivity contribution in [3.63, 3.8) is 0 Å². The molecule has 2 amide bonds. The molecule has 37 heavy (non-hydrogen) atoms. The normalized spacial score (nSPS) is 11.9. The zero-order valence-corrected chi connectivity index (χ0v) is 21.1. The maximum absolute atomic E-state index is 12.6. The highest BCUT2D eigenvalue weighted by Crippen LogP contribution is 2.27. The Labute approximate surface area is 214 Å². The van der Waals surface area contributed by atoms with Gasteiger partial charge in [0.1, 0.15) is 11.4 Å². The highest BCUT2D eigenvalue weighted by molar-refractivity contribution is 5.87. The number of carboxylic acid groups (broad SMARTS) is 1. The lowest BCUT2D eigenvalue weighted by Crippen LogP contribution is -2.36. The van der Waals surface area contributed by atoms with Gasteiger partial charge in [0, 0.05) is 24.2 Å². The molecule has 6 N–H and O–H groups in total. The molecule has 196 valence electrons. The van der Waals surface area contributed by atoms with E-state index in [2.05, 4.69) is 25.3 Å². The van der Waals surface area contributed by atoms with E-state index < -0.39 is 29.8 Å². The van der Waals surface area contributed by atoms with Gasteiger partial charge in [-0.15, -0.1) is 0 Å². The molecule has 1 atom stereocenters. The van der Waals surface area contributed by atoms with E-state index in [0.29, 0.717) is 22.8 Å². The van der Waals surface area contributed by atoms with Gasteiger partial charge in [0.25, 0.3) is 0 Å². The number of amides is 2. The number of hydrogen-bond donors (Lipinski definition) is 5. The zero-order chi connectivity index (χ0) is 27.2. The Hall–Kier alpha value is -4.38. The minimum absolute atomic E-state index is 0.141. The number of aromatic carboxylic acids is 1. The fourth-order valence-electron chi connectivity index (χ4n) is 3.66. The molecule has 0 saturated carbocycles. The Morgan fingerprint density at radius 3 is 2.54 bits per heavy atom. The monoisotopic (exact) mass is 509 g/mol. The molecule has 11 heteroatoms. The van der Waals surface area contributed by atoms with Crippen LogP contribution in [0, 0.1) is 0 Å². The van der Waals surface area contributed by atoms with Crippen LogP contribution in [0.25, 0.3) is 11.3 Å². The highest BCUT2D eigenvalue weighted by atomic mass is 16.6. The lowest BCUT2D eigenvalue weighted by molar-refractivity contribution is 0.0500. The van der Waals surface area contributed by atoms with E-state index in [1.165, 1.54) is 13.2 Å². The molecular formula is C26H31N5O6. The van der Waals surface area contributed by atoms with Crippen molar-refractivity contribution >= 4 is 23.8 Å². The van der Waals surface area contributed by atoms with E-state index in [1.54, 1.807) is 63.4 Å². The molecule has 0 aliphatic carbocycles. The fourth-order valence-corrected chi connectivity index (χ4v) is 3.66. The topological polar surface area (TPSA) is 169 Å². The predicted octanol–water partition coefficient (Wildman–Crippen LogP) is 4.22. The summed E-state index contributed by atoms with van der Waals surface area (Å²) in [5.41, 5.74) is 8.77. The average Bonchev–Trinajstić information content (AvgIpc) is 3.32. The molecule has 3 rings (SSSR count). The number of rotatable bonds is 8. The Balaban J connectivity index is 1.92. The van der Waals surface area contributed by atoms with Crippen LogP contribution in [-0.4, -0.2) is 45.9 Å². The van der Waals surface area contributed by atoms with Crippen molar-refractivity contribution in [2.75, 3.05) is 12.4 Å². The smallest absolute Gasteiger partial charge is 0.411 e. The van der Waals surface area contributed by atoms with Gasteiger partial charge in [-0.3, -0.25) is 5.32 Å². The average molecular weight is 510 g/mol. The van der Waals surface area contributed by atoms with Crippen molar-refractivity contribution in [3.8, 4) is 11.3 Å². The number of benzene rings is 2. The van der Waals surface area contributed by atoms with E-state index in [0.717, 1.165) is 11.1 Å². The summed E-state index contributed by atoms with van der Waals surface area (Å²) in [6.07, 6.45) is 0.654. The SMILES string of the molecule is COC(=O)Nc1ccc(-c2cnc(C(Cc3cccc(C(=O)O)c3)NC(=O)OC(C)(C)C)[nH]2)c(CN)c1. The number of nitrogens with two attached hydrogens (primary N) is 1. The zero-order valence-electron chi connectivity index (χ0n) is 21.1. The first-order chi connectivity index (χ1) is 17.5. The van der Waals surface area contributed by atoms with Crippen LogP contribution in [0.15, 0.2) is 48.7 Å². The molecule has 0 radical (unpaired) electrons. The van der Waals surface area contributed by atoms with Crippen LogP contribution >= 0.6 is 0 Å². The number of carbonyl (C=O) groups is 3. The van der Waals surface area contributed by atoms with Crippen molar-refractivity contribution in [2.45, 2.75) is 45.4 Å². The number of ether oxygens (including phenoxy) is 2. The lowest BCUT2D eigenvalue weighted by atomic mass is 10.0. The second-order valence-electron chi connectivity index (χ2n) is 9.28. The molecule has 1 unspecified atom stereocenters. The van der Waals surface area contributed by atoms with Crippen LogP contribution in [-0.2, 0) is 22.4 Å². The Morgan fingerprint density at radius 1 is 1.14 bits per heavy atom. The summed E-state index contributed by atoms with van der Waals surface area (Å²) in [6, 6.07) is 11.1. The largest absolute Gasteiger partial charge is 0.478 e. The molecule has 0 saturated heterocycles. The van der Waals surface area contributed by atoms with Crippen LogP contribution < -0.4 is 16.4 Å². The van der Waals surface area contributed by atoms with Crippen molar-refractivity contribution in [1.29, 1.82) is 0 Å². The molecule has 0 spiro atoms. The molecule has 0 bridgehead atoms. The van der Waals surface area contributed by atoms with Crippen molar-refractivity contribution < 1.29 is 29.0 Å². The van der Waals surface area contributed by atoms with Gasteiger partial charge < -0.3 is 30.6 Å². The summed E-state index contributed by atoms with van der Waals surface area (Å²) in [4.78, 5) is 43.3. The van der Waals surface area contributed by atoms with Gasteiger partial charge in [0.2, 0.25) is 0 Å². The molecule has 0 aliphatic rings. The van der Waals surface area contributed by atoms with Crippen LogP contribution in [0.5, 0.6) is 0 Å². The summed E-state index contributed by atoms with van der Waals surface area (Å²) >= 11 is 0. The number of carboxylic acids is 1. The minimum atomic E-state index is -1.04. The second-order valence-corrected chi connectivity index (χ2v) is 9.28. The van der Waals surface area contributed by atoms with E-state index in [-0.39, 0.29) is 18.5 Å². The predicted molar refractivity (Wildman–Crippen MR) is 137 cm³/mol. The first-order valence-corrected chi connectivity index (χ1v) is 11.5. The number of H-pyrrole nitrogens is 1. The van der Waals surface area contributed by atoms with Crippen LogP contribution in [0.3, 0.4) is 0 Å². The van der Waals surface area contributed by atoms with Crippen LogP contribution in [0.4, 0.5) is 15.3 Å². The first kappa shape index (κ1) is 27.2. The quantitative estimate of drug-likeness (QED) is 0.301. The number of alkyl carbamates (subject to hydrolysis) is 1. The maximum Gasteiger partial charge on any atom is 0.411 e. The number of nitrogens with one attached hydrogen (secondary N) is 3. The number of imidazole rings is 1. The van der Waals surface area contributed by atoms with Gasteiger partial charge in [0.15, 0.2) is 0 Å². The summed E-state index contributed by atoms with van der Waals surface area (Å²) in [6.45, 7) is 5.48. The van der Waals surface area contributed by atoms with Gasteiger partial charge in [-0.25, -0.2) is 19.4 Å². The third kappa shape index (κ3) is 7.55. The highest BCUT2D eigenvalue weighted by Gasteiger charge is 2.24. The Bertz CT molecular complexity index is 1280. The Kier molecular flexibility index (Phi) is 8.51. The van der Waals surface area contributed by atoms with Gasteiger partial charge in [0.05, 0.1) is 30.6 Å². The van der Waals surface area contributed by atoms with Crippen LogP contribution in [0.2, 0.25) is 0 Å². The standard InChI is InChI=1S/C26H31N5O6/c1-26(2,3)37-25(35)31-20(11-15-6-5-7-16(10-15)23(32)33)22-28-14-21(30-22)19-9-8-18(12-17(19)13-27)29-24(34)36-4/h5-10,12,14,20H,11,13,27H2,1-4H3,(H,28,30)(H,29,34)(H,31,35)(H,32,33). The minimum Gasteiger partial charge on any atom is -0.478 e. The molecular weight excluding hydrogens is 478 g/mol. The first-order valence-electron chi connectivity index (χ1n) is 11.5. The van der Waals surface area contributed by atoms with Gasteiger partial charge in [-0.2, -0.15) is 0 Å². The Morgan fingerprint density at radius 2 is 1.89 bits per heavy atom.